The molecule has 0 atom stereocenters. The molecule has 0 aliphatic heterocycles. The molecule has 5 nitrogen and oxygen atoms in total. The van der Waals surface area contributed by atoms with Crippen molar-refractivity contribution in [2.24, 2.45) is 5.73 Å². The van der Waals surface area contributed by atoms with Gasteiger partial charge in [0.1, 0.15) is 11.5 Å². The van der Waals surface area contributed by atoms with Crippen LogP contribution in [0.1, 0.15) is 21.6 Å². The summed E-state index contributed by atoms with van der Waals surface area (Å²) in [6.45, 7) is 0.409. The van der Waals surface area contributed by atoms with E-state index in [1.165, 1.54) is 12.3 Å². The Balaban J connectivity index is 2.00. The Morgan fingerprint density at radius 3 is 2.89 bits per heavy atom. The van der Waals surface area contributed by atoms with E-state index in [0.717, 1.165) is 5.56 Å². The van der Waals surface area contributed by atoms with Crippen molar-refractivity contribution in [1.82, 2.24) is 15.5 Å². The van der Waals surface area contributed by atoms with Gasteiger partial charge in [0.2, 0.25) is 0 Å². The van der Waals surface area contributed by atoms with E-state index in [0.29, 0.717) is 11.3 Å². The molecule has 2 rings (SSSR count). The molecule has 0 aliphatic rings. The zero-order valence-electron chi connectivity index (χ0n) is 9.61. The lowest BCUT2D eigenvalue weighted by Crippen LogP contribution is -2.23. The summed E-state index contributed by atoms with van der Waals surface area (Å²) in [5.74, 6) is -0.697. The van der Waals surface area contributed by atoms with E-state index in [1.54, 1.807) is 18.2 Å². The number of aromatic nitrogens is 2. The van der Waals surface area contributed by atoms with Crippen LogP contribution in [0, 0.1) is 5.82 Å². The number of carbonyl (C=O) groups excluding carboxylic acids is 1. The summed E-state index contributed by atoms with van der Waals surface area (Å²) in [4.78, 5) is 11.6. The molecule has 0 bridgehead atoms. The lowest BCUT2D eigenvalue weighted by atomic mass is 10.1. The lowest BCUT2D eigenvalue weighted by Gasteiger charge is -2.06. The maximum atomic E-state index is 13.6. The van der Waals surface area contributed by atoms with Crippen LogP contribution in [-0.2, 0) is 13.1 Å². The molecule has 0 aliphatic carbocycles. The molecule has 0 radical (unpaired) electrons. The average molecular weight is 248 g/mol. The van der Waals surface area contributed by atoms with Gasteiger partial charge >= 0.3 is 0 Å². The third-order valence-corrected chi connectivity index (χ3v) is 2.54. The predicted molar refractivity (Wildman–Crippen MR) is 64.0 cm³/mol. The van der Waals surface area contributed by atoms with Crippen LogP contribution in [0.4, 0.5) is 4.39 Å². The first-order chi connectivity index (χ1) is 8.70. The zero-order valence-corrected chi connectivity index (χ0v) is 9.61. The fraction of sp³-hybridized carbons (Fsp3) is 0.167. The second-order valence-corrected chi connectivity index (χ2v) is 3.78. The van der Waals surface area contributed by atoms with E-state index in [-0.39, 0.29) is 24.8 Å². The van der Waals surface area contributed by atoms with Crippen LogP contribution in [0.2, 0.25) is 0 Å². The maximum absolute atomic E-state index is 13.6. The fourth-order valence-electron chi connectivity index (χ4n) is 1.51. The molecule has 1 aromatic carbocycles. The largest absolute Gasteiger partial charge is 0.347 e. The Kier molecular flexibility index (Phi) is 3.69. The van der Waals surface area contributed by atoms with E-state index in [4.69, 9.17) is 5.73 Å². The second-order valence-electron chi connectivity index (χ2n) is 3.78. The van der Waals surface area contributed by atoms with Gasteiger partial charge in [0.05, 0.1) is 0 Å². The summed E-state index contributed by atoms with van der Waals surface area (Å²) in [6, 6.07) is 6.27. The molecule has 1 heterocycles. The minimum absolute atomic E-state index is 0.120. The Morgan fingerprint density at radius 1 is 1.44 bits per heavy atom. The van der Waals surface area contributed by atoms with Crippen molar-refractivity contribution in [3.8, 4) is 0 Å². The number of benzene rings is 1. The molecule has 0 unspecified atom stereocenters. The number of carbonyl (C=O) groups is 1. The van der Waals surface area contributed by atoms with Gasteiger partial charge in [0, 0.05) is 24.8 Å². The molecule has 1 amide bonds. The zero-order chi connectivity index (χ0) is 13.0. The number of nitrogens with zero attached hydrogens (tertiary/aromatic N) is 1. The highest BCUT2D eigenvalue weighted by Gasteiger charge is 2.08. The van der Waals surface area contributed by atoms with Gasteiger partial charge in [0.25, 0.3) is 5.91 Å². The molecular weight excluding hydrogens is 235 g/mol. The monoisotopic (exact) mass is 248 g/mol. The first-order valence-corrected chi connectivity index (χ1v) is 5.45. The molecule has 94 valence electrons. The minimum atomic E-state index is -0.372. The molecular formula is C12H13FN4O. The van der Waals surface area contributed by atoms with Gasteiger partial charge in [-0.3, -0.25) is 9.89 Å². The standard InChI is InChI=1S/C12H13FN4O/c13-10-5-8(6-14)1-2-9(10)7-15-12(18)11-3-4-16-17-11/h1-5H,6-7,14H2,(H,15,18)(H,16,17). The lowest BCUT2D eigenvalue weighted by molar-refractivity contribution is 0.0945. The topological polar surface area (TPSA) is 83.8 Å². The number of amides is 1. The van der Waals surface area contributed by atoms with Crippen LogP contribution in [0.5, 0.6) is 0 Å². The highest BCUT2D eigenvalue weighted by Crippen LogP contribution is 2.10. The summed E-state index contributed by atoms with van der Waals surface area (Å²) in [5, 5.41) is 8.80. The SMILES string of the molecule is NCc1ccc(CNC(=O)c2ccn[nH]2)c(F)c1. The number of H-pyrrole nitrogens is 1. The van der Waals surface area contributed by atoms with Crippen LogP contribution < -0.4 is 11.1 Å². The van der Waals surface area contributed by atoms with E-state index >= 15 is 0 Å². The van der Waals surface area contributed by atoms with Gasteiger partial charge in [-0.1, -0.05) is 12.1 Å². The number of hydrogen-bond donors (Lipinski definition) is 3. The number of nitrogens with two attached hydrogens (primary N) is 1. The van der Waals surface area contributed by atoms with Gasteiger partial charge in [0.15, 0.2) is 0 Å². The van der Waals surface area contributed by atoms with Gasteiger partial charge in [-0.2, -0.15) is 5.10 Å². The highest BCUT2D eigenvalue weighted by molar-refractivity contribution is 5.91. The quantitative estimate of drug-likeness (QED) is 0.752. The summed E-state index contributed by atoms with van der Waals surface area (Å²) in [7, 11) is 0. The van der Waals surface area contributed by atoms with E-state index < -0.39 is 0 Å². The van der Waals surface area contributed by atoms with Gasteiger partial charge in [-0.15, -0.1) is 0 Å². The second kappa shape index (κ2) is 5.42. The summed E-state index contributed by atoms with van der Waals surface area (Å²) >= 11 is 0. The molecule has 2 aromatic rings. The molecule has 6 heteroatoms. The summed E-state index contributed by atoms with van der Waals surface area (Å²) < 4.78 is 13.6. The Hall–Kier alpha value is -2.21. The van der Waals surface area contributed by atoms with Crippen molar-refractivity contribution in [3.05, 3.63) is 53.1 Å². The maximum Gasteiger partial charge on any atom is 0.269 e. The Morgan fingerprint density at radius 2 is 2.28 bits per heavy atom. The smallest absolute Gasteiger partial charge is 0.269 e. The normalized spacial score (nSPS) is 10.3. The van der Waals surface area contributed by atoms with Crippen molar-refractivity contribution in [1.29, 1.82) is 0 Å². The third kappa shape index (κ3) is 2.72. The number of rotatable bonds is 4. The van der Waals surface area contributed by atoms with Crippen molar-refractivity contribution >= 4 is 5.91 Å². The van der Waals surface area contributed by atoms with Crippen LogP contribution in [0.25, 0.3) is 0 Å². The molecule has 0 saturated heterocycles. The van der Waals surface area contributed by atoms with Crippen molar-refractivity contribution in [2.75, 3.05) is 0 Å². The minimum Gasteiger partial charge on any atom is -0.347 e. The predicted octanol–water partition coefficient (Wildman–Crippen LogP) is 0.938. The molecule has 0 fully saturated rings. The van der Waals surface area contributed by atoms with E-state index in [9.17, 15) is 9.18 Å². The fourth-order valence-corrected chi connectivity index (χ4v) is 1.51. The number of hydrogen-bond acceptors (Lipinski definition) is 3. The Labute approximate surface area is 103 Å². The average Bonchev–Trinajstić information content (AvgIpc) is 2.90. The van der Waals surface area contributed by atoms with Gasteiger partial charge < -0.3 is 11.1 Å². The third-order valence-electron chi connectivity index (χ3n) is 2.54. The van der Waals surface area contributed by atoms with Crippen molar-refractivity contribution in [3.63, 3.8) is 0 Å². The molecule has 0 saturated carbocycles. The van der Waals surface area contributed by atoms with Gasteiger partial charge in [-0.25, -0.2) is 4.39 Å². The van der Waals surface area contributed by atoms with Crippen LogP contribution in [0.3, 0.4) is 0 Å². The van der Waals surface area contributed by atoms with Crippen molar-refractivity contribution < 1.29 is 9.18 Å². The highest BCUT2D eigenvalue weighted by atomic mass is 19.1. The number of halogens is 1. The molecule has 0 spiro atoms. The van der Waals surface area contributed by atoms with Crippen LogP contribution in [-0.4, -0.2) is 16.1 Å². The Bertz CT molecular complexity index is 539. The van der Waals surface area contributed by atoms with Gasteiger partial charge in [-0.05, 0) is 17.7 Å². The number of aromatic amines is 1. The molecule has 18 heavy (non-hydrogen) atoms. The van der Waals surface area contributed by atoms with Crippen LogP contribution >= 0.6 is 0 Å². The first kappa shape index (κ1) is 12.3. The molecule has 1 aromatic heterocycles. The summed E-state index contributed by atoms with van der Waals surface area (Å²) in [5.41, 5.74) is 6.88. The summed E-state index contributed by atoms with van der Waals surface area (Å²) in [6.07, 6.45) is 1.48. The van der Waals surface area contributed by atoms with Crippen LogP contribution in [0.15, 0.2) is 30.5 Å². The van der Waals surface area contributed by atoms with E-state index in [1.807, 2.05) is 0 Å². The number of nitrogens with one attached hydrogen (secondary N) is 2. The molecule has 4 N–H and O–H groups in total. The van der Waals surface area contributed by atoms with E-state index in [2.05, 4.69) is 15.5 Å². The first-order valence-electron chi connectivity index (χ1n) is 5.45. The van der Waals surface area contributed by atoms with Crippen molar-refractivity contribution in [2.45, 2.75) is 13.1 Å².